The predicted octanol–water partition coefficient (Wildman–Crippen LogP) is 2.06. The highest BCUT2D eigenvalue weighted by molar-refractivity contribution is 7.89. The number of sulfonamides is 1. The summed E-state index contributed by atoms with van der Waals surface area (Å²) in [6.07, 6.45) is 9.17. The molecule has 30 heavy (non-hydrogen) atoms. The molecule has 2 aromatic heterocycles. The van der Waals surface area contributed by atoms with Crippen molar-refractivity contribution in [2.45, 2.75) is 50.0 Å². The second-order valence-electron chi connectivity index (χ2n) is 7.66. The van der Waals surface area contributed by atoms with Gasteiger partial charge >= 0.3 is 0 Å². The molecule has 8 nitrogen and oxygen atoms in total. The Labute approximate surface area is 177 Å². The van der Waals surface area contributed by atoms with Crippen LogP contribution in [0, 0.1) is 0 Å². The number of hydrogen-bond acceptors (Lipinski definition) is 6. The van der Waals surface area contributed by atoms with E-state index in [1.54, 1.807) is 27.2 Å². The fraction of sp³-hybridized carbons (Fsp3) is 0.476. The van der Waals surface area contributed by atoms with E-state index in [9.17, 15) is 8.42 Å². The highest BCUT2D eigenvalue weighted by Crippen LogP contribution is 2.24. The van der Waals surface area contributed by atoms with E-state index < -0.39 is 10.0 Å². The maximum absolute atomic E-state index is 13.5. The summed E-state index contributed by atoms with van der Waals surface area (Å²) in [6, 6.07) is 7.33. The van der Waals surface area contributed by atoms with Crippen LogP contribution in [0.5, 0.6) is 0 Å². The van der Waals surface area contributed by atoms with Gasteiger partial charge in [0.25, 0.3) is 5.78 Å². The number of hydrogen-bond donors (Lipinski definition) is 1. The van der Waals surface area contributed by atoms with Crippen molar-refractivity contribution in [2.75, 3.05) is 19.6 Å². The number of piperidine rings is 1. The van der Waals surface area contributed by atoms with E-state index >= 15 is 0 Å². The number of benzene rings is 1. The van der Waals surface area contributed by atoms with Gasteiger partial charge in [0.15, 0.2) is 0 Å². The number of rotatable bonds is 8. The fourth-order valence-corrected chi connectivity index (χ4v) is 5.68. The molecule has 9 heteroatoms. The van der Waals surface area contributed by atoms with Crippen molar-refractivity contribution in [2.24, 2.45) is 0 Å². The summed E-state index contributed by atoms with van der Waals surface area (Å²) in [5.41, 5.74) is 2.15. The summed E-state index contributed by atoms with van der Waals surface area (Å²) in [5, 5.41) is 7.45. The summed E-state index contributed by atoms with van der Waals surface area (Å²) >= 11 is 0. The number of nitrogens with zero attached hydrogens (tertiary/aromatic N) is 5. The van der Waals surface area contributed by atoms with Crippen molar-refractivity contribution in [3.8, 4) is 0 Å². The molecule has 0 radical (unpaired) electrons. The quantitative estimate of drug-likeness (QED) is 0.590. The van der Waals surface area contributed by atoms with Crippen LogP contribution in [0.15, 0.2) is 47.9 Å². The molecule has 0 unspecified atom stereocenters. The monoisotopic (exact) mass is 428 g/mol. The van der Waals surface area contributed by atoms with Crippen LogP contribution in [0.4, 0.5) is 0 Å². The van der Waals surface area contributed by atoms with Gasteiger partial charge in [-0.2, -0.15) is 14.4 Å². The van der Waals surface area contributed by atoms with E-state index in [1.807, 2.05) is 18.3 Å². The van der Waals surface area contributed by atoms with Crippen molar-refractivity contribution in [1.29, 1.82) is 0 Å². The first-order valence-electron chi connectivity index (χ1n) is 10.5. The van der Waals surface area contributed by atoms with Crippen LogP contribution < -0.4 is 5.32 Å². The van der Waals surface area contributed by atoms with Gasteiger partial charge in [0.05, 0.1) is 4.90 Å². The maximum atomic E-state index is 13.5. The third kappa shape index (κ3) is 4.53. The molecule has 0 amide bonds. The van der Waals surface area contributed by atoms with E-state index in [-0.39, 0.29) is 6.04 Å². The van der Waals surface area contributed by atoms with Crippen LogP contribution in [-0.2, 0) is 22.9 Å². The highest BCUT2D eigenvalue weighted by Gasteiger charge is 2.31. The molecule has 3 heterocycles. The van der Waals surface area contributed by atoms with Gasteiger partial charge < -0.3 is 5.32 Å². The Morgan fingerprint density at radius 2 is 1.90 bits per heavy atom. The van der Waals surface area contributed by atoms with Gasteiger partial charge in [0, 0.05) is 25.0 Å². The molecule has 0 atom stereocenters. The lowest BCUT2D eigenvalue weighted by atomic mass is 10.1. The number of aromatic nitrogens is 4. The summed E-state index contributed by atoms with van der Waals surface area (Å²) in [6.45, 7) is 4.24. The van der Waals surface area contributed by atoms with E-state index in [1.165, 1.54) is 6.33 Å². The maximum Gasteiger partial charge on any atom is 0.252 e. The largest absolute Gasteiger partial charge is 0.317 e. The van der Waals surface area contributed by atoms with E-state index in [2.05, 4.69) is 27.3 Å². The summed E-state index contributed by atoms with van der Waals surface area (Å²) < 4.78 is 30.3. The summed E-state index contributed by atoms with van der Waals surface area (Å²) in [5.74, 6) is 0.563. The van der Waals surface area contributed by atoms with Crippen LogP contribution in [0.1, 0.15) is 37.3 Å². The molecule has 0 aliphatic carbocycles. The van der Waals surface area contributed by atoms with Gasteiger partial charge in [-0.1, -0.05) is 19.1 Å². The van der Waals surface area contributed by atoms with E-state index in [0.29, 0.717) is 17.2 Å². The third-order valence-electron chi connectivity index (χ3n) is 5.69. The topological polar surface area (TPSA) is 92.5 Å². The molecule has 0 spiro atoms. The SMILES string of the molecule is CCc1ccc(S(=O)(=O)N(CCCc2cnc3ncnn3c2)C2CCNCC2)cc1. The molecule has 160 valence electrons. The van der Waals surface area contributed by atoms with Crippen LogP contribution in [-0.4, -0.2) is 58.0 Å². The van der Waals surface area contributed by atoms with Gasteiger partial charge in [-0.25, -0.2) is 17.9 Å². The molecule has 1 aromatic carbocycles. The Hall–Kier alpha value is -2.36. The van der Waals surface area contributed by atoms with E-state index in [0.717, 1.165) is 56.3 Å². The second kappa shape index (κ2) is 9.20. The molecule has 1 aliphatic rings. The molecule has 1 fully saturated rings. The molecule has 0 bridgehead atoms. The van der Waals surface area contributed by atoms with E-state index in [4.69, 9.17) is 0 Å². The molecular weight excluding hydrogens is 400 g/mol. The summed E-state index contributed by atoms with van der Waals surface area (Å²) in [4.78, 5) is 8.72. The molecule has 0 saturated carbocycles. The minimum absolute atomic E-state index is 0.0259. The first kappa shape index (κ1) is 20.9. The van der Waals surface area contributed by atoms with Gasteiger partial charge in [0.2, 0.25) is 10.0 Å². The van der Waals surface area contributed by atoms with Crippen molar-refractivity contribution in [1.82, 2.24) is 29.2 Å². The predicted molar refractivity (Wildman–Crippen MR) is 115 cm³/mol. The molecule has 3 aromatic rings. The molecule has 1 saturated heterocycles. The van der Waals surface area contributed by atoms with Gasteiger partial charge in [-0.15, -0.1) is 0 Å². The lowest BCUT2D eigenvalue weighted by molar-refractivity contribution is 0.260. The number of fused-ring (bicyclic) bond motifs is 1. The Balaban J connectivity index is 1.51. The van der Waals surface area contributed by atoms with Gasteiger partial charge in [-0.3, -0.25) is 0 Å². The third-order valence-corrected chi connectivity index (χ3v) is 7.65. The van der Waals surface area contributed by atoms with Gasteiger partial charge in [-0.05, 0) is 68.5 Å². The second-order valence-corrected chi connectivity index (χ2v) is 9.56. The van der Waals surface area contributed by atoms with Crippen molar-refractivity contribution in [3.05, 3.63) is 54.1 Å². The Morgan fingerprint density at radius 1 is 1.13 bits per heavy atom. The Morgan fingerprint density at radius 3 is 2.63 bits per heavy atom. The standard InChI is InChI=1S/C21H28N6O2S/c1-2-17-5-7-20(8-6-17)30(28,29)27(19-9-11-22-12-10-19)13-3-4-18-14-23-21-24-16-25-26(21)15-18/h5-8,14-16,19,22H,2-4,9-13H2,1H3. The molecule has 1 N–H and O–H groups in total. The van der Waals surface area contributed by atoms with Crippen LogP contribution in [0.25, 0.3) is 5.78 Å². The lowest BCUT2D eigenvalue weighted by Crippen LogP contribution is -2.46. The summed E-state index contributed by atoms with van der Waals surface area (Å²) in [7, 11) is -3.54. The first-order chi connectivity index (χ1) is 14.6. The lowest BCUT2D eigenvalue weighted by Gasteiger charge is -2.34. The van der Waals surface area contributed by atoms with Crippen molar-refractivity contribution >= 4 is 15.8 Å². The zero-order chi connectivity index (χ0) is 21.0. The van der Waals surface area contributed by atoms with Crippen molar-refractivity contribution in [3.63, 3.8) is 0 Å². The molecule has 1 aliphatic heterocycles. The average molecular weight is 429 g/mol. The smallest absolute Gasteiger partial charge is 0.252 e. The number of nitrogens with one attached hydrogen (secondary N) is 1. The average Bonchev–Trinajstić information content (AvgIpc) is 3.25. The normalized spacial score (nSPS) is 15.8. The number of aryl methyl sites for hydroxylation is 2. The first-order valence-corrected chi connectivity index (χ1v) is 12.0. The zero-order valence-corrected chi connectivity index (χ0v) is 18.1. The van der Waals surface area contributed by atoms with Crippen LogP contribution in [0.2, 0.25) is 0 Å². The minimum atomic E-state index is -3.54. The molecule has 4 rings (SSSR count). The van der Waals surface area contributed by atoms with Gasteiger partial charge in [0.1, 0.15) is 6.33 Å². The van der Waals surface area contributed by atoms with Crippen LogP contribution >= 0.6 is 0 Å². The highest BCUT2D eigenvalue weighted by atomic mass is 32.2. The van der Waals surface area contributed by atoms with Crippen LogP contribution in [0.3, 0.4) is 0 Å². The fourth-order valence-electron chi connectivity index (χ4n) is 3.95. The zero-order valence-electron chi connectivity index (χ0n) is 17.2. The van der Waals surface area contributed by atoms with Crippen molar-refractivity contribution < 1.29 is 8.42 Å². The Bertz CT molecular complexity index is 1070. The Kier molecular flexibility index (Phi) is 6.40. The minimum Gasteiger partial charge on any atom is -0.317 e. The molecular formula is C21H28N6O2S.